The molecule has 0 saturated heterocycles. The molecule has 2 bridgehead atoms. The van der Waals surface area contributed by atoms with Crippen molar-refractivity contribution >= 4 is 11.6 Å². The van der Waals surface area contributed by atoms with Gasteiger partial charge in [-0.05, 0) is 32.6 Å². The molecule has 0 heterocycles. The van der Waals surface area contributed by atoms with E-state index in [4.69, 9.17) is 0 Å². The predicted octanol–water partition coefficient (Wildman–Crippen LogP) is 3.98. The number of Topliss-reactive ketones (excluding diaryl/α,β-unsaturated/α-hetero) is 2. The van der Waals surface area contributed by atoms with Crippen LogP contribution in [0.3, 0.4) is 0 Å². The lowest BCUT2D eigenvalue weighted by atomic mass is 9.63. The minimum absolute atomic E-state index is 0.0183. The van der Waals surface area contributed by atoms with Gasteiger partial charge >= 0.3 is 0 Å². The normalized spacial score (nSPS) is 32.1. The van der Waals surface area contributed by atoms with Gasteiger partial charge in [-0.15, -0.1) is 0 Å². The van der Waals surface area contributed by atoms with Gasteiger partial charge in [-0.25, -0.2) is 0 Å². The van der Waals surface area contributed by atoms with Gasteiger partial charge in [0, 0.05) is 34.8 Å². The van der Waals surface area contributed by atoms with Crippen molar-refractivity contribution in [2.75, 3.05) is 0 Å². The highest BCUT2D eigenvalue weighted by atomic mass is 16.3. The largest absolute Gasteiger partial charge is 0.507 e. The van der Waals surface area contributed by atoms with Crippen LogP contribution in [0.15, 0.2) is 23.8 Å². The van der Waals surface area contributed by atoms with E-state index in [1.54, 1.807) is 0 Å². The second-order valence-corrected chi connectivity index (χ2v) is 7.88. The molecular weight excluding hydrogens is 316 g/mol. The molecule has 0 fully saturated rings. The molecule has 1 aromatic carbocycles. The maximum atomic E-state index is 13.1. The number of benzene rings is 1. The smallest absolute Gasteiger partial charge is 0.171 e. The molecule has 128 valence electrons. The van der Waals surface area contributed by atoms with Gasteiger partial charge in [0.1, 0.15) is 11.5 Å². The van der Waals surface area contributed by atoms with Gasteiger partial charge in [0.2, 0.25) is 0 Å². The minimum atomic E-state index is -0.414. The quantitative estimate of drug-likeness (QED) is 0.555. The van der Waals surface area contributed by atoms with Gasteiger partial charge in [0.05, 0.1) is 11.1 Å². The van der Waals surface area contributed by atoms with Crippen LogP contribution in [0.2, 0.25) is 0 Å². The van der Waals surface area contributed by atoms with Gasteiger partial charge < -0.3 is 10.2 Å². The number of aromatic hydroxyl groups is 2. The Bertz CT molecular complexity index is 905. The first-order chi connectivity index (χ1) is 12.0. The molecule has 0 saturated carbocycles. The Kier molecular flexibility index (Phi) is 2.89. The molecule has 2 N–H and O–H groups in total. The van der Waals surface area contributed by atoms with Crippen LogP contribution in [0.5, 0.6) is 11.5 Å². The molecular formula is C21H20O4. The van der Waals surface area contributed by atoms with Gasteiger partial charge in [0.15, 0.2) is 11.6 Å². The number of allylic oxidation sites excluding steroid dienone is 4. The van der Waals surface area contributed by atoms with Crippen LogP contribution in [-0.4, -0.2) is 21.8 Å². The molecule has 4 unspecified atom stereocenters. The van der Waals surface area contributed by atoms with Crippen molar-refractivity contribution in [2.24, 2.45) is 11.8 Å². The van der Waals surface area contributed by atoms with E-state index in [2.05, 4.69) is 0 Å². The molecule has 4 nitrogen and oxygen atoms in total. The number of carbonyl (C=O) groups excluding carboxylic acids is 2. The molecule has 4 atom stereocenters. The summed E-state index contributed by atoms with van der Waals surface area (Å²) in [6.07, 6.45) is 8.99. The monoisotopic (exact) mass is 336 g/mol. The summed E-state index contributed by atoms with van der Waals surface area (Å²) in [5.41, 5.74) is 2.57. The summed E-state index contributed by atoms with van der Waals surface area (Å²) in [5.74, 6) is -1.29. The zero-order valence-corrected chi connectivity index (χ0v) is 14.1. The molecule has 5 aliphatic carbocycles. The van der Waals surface area contributed by atoms with Gasteiger partial charge in [-0.3, -0.25) is 9.59 Å². The maximum absolute atomic E-state index is 13.1. The minimum Gasteiger partial charge on any atom is -0.507 e. The maximum Gasteiger partial charge on any atom is 0.171 e. The van der Waals surface area contributed by atoms with E-state index in [0.717, 1.165) is 18.4 Å². The number of carbonyl (C=O) groups is 2. The molecule has 0 aliphatic heterocycles. The Labute approximate surface area is 145 Å². The van der Waals surface area contributed by atoms with E-state index in [1.807, 2.05) is 25.2 Å². The van der Waals surface area contributed by atoms with Crippen molar-refractivity contribution in [3.8, 4) is 11.5 Å². The summed E-state index contributed by atoms with van der Waals surface area (Å²) < 4.78 is 0. The van der Waals surface area contributed by atoms with Gasteiger partial charge in [-0.2, -0.15) is 0 Å². The van der Waals surface area contributed by atoms with Crippen molar-refractivity contribution in [1.29, 1.82) is 0 Å². The van der Waals surface area contributed by atoms with E-state index < -0.39 is 11.8 Å². The molecule has 0 radical (unpaired) electrons. The summed E-state index contributed by atoms with van der Waals surface area (Å²) in [7, 11) is 0. The highest BCUT2D eigenvalue weighted by Gasteiger charge is 2.48. The van der Waals surface area contributed by atoms with Crippen LogP contribution < -0.4 is 0 Å². The van der Waals surface area contributed by atoms with Crippen molar-refractivity contribution in [3.05, 3.63) is 46.1 Å². The lowest BCUT2D eigenvalue weighted by Gasteiger charge is -2.39. The summed E-state index contributed by atoms with van der Waals surface area (Å²) in [4.78, 5) is 26.2. The first-order valence-corrected chi connectivity index (χ1v) is 9.03. The van der Waals surface area contributed by atoms with E-state index in [0.29, 0.717) is 24.0 Å². The van der Waals surface area contributed by atoms with Crippen molar-refractivity contribution < 1.29 is 19.8 Å². The number of rotatable bonds is 0. The summed E-state index contributed by atoms with van der Waals surface area (Å²) in [5, 5.41) is 21.9. The van der Waals surface area contributed by atoms with Gasteiger partial charge in [-0.1, -0.05) is 23.8 Å². The first-order valence-electron chi connectivity index (χ1n) is 9.03. The number of phenols is 2. The zero-order valence-electron chi connectivity index (χ0n) is 14.1. The lowest BCUT2D eigenvalue weighted by Crippen LogP contribution is -2.39. The van der Waals surface area contributed by atoms with Crippen LogP contribution in [0.4, 0.5) is 0 Å². The fourth-order valence-corrected chi connectivity index (χ4v) is 5.29. The Morgan fingerprint density at radius 1 is 0.880 bits per heavy atom. The average molecular weight is 336 g/mol. The number of phenolic OH excluding ortho intramolecular Hbond substituents is 2. The first kappa shape index (κ1) is 14.9. The molecule has 1 aromatic rings. The third-order valence-electron chi connectivity index (χ3n) is 6.54. The van der Waals surface area contributed by atoms with Gasteiger partial charge in [0.25, 0.3) is 0 Å². The second-order valence-electron chi connectivity index (χ2n) is 7.88. The number of fused-ring (bicyclic) bond motifs is 3. The highest BCUT2D eigenvalue weighted by molar-refractivity contribution is 6.19. The summed E-state index contributed by atoms with van der Waals surface area (Å²) in [6.45, 7) is 1.97. The molecule has 25 heavy (non-hydrogen) atoms. The predicted molar refractivity (Wildman–Crippen MR) is 92.3 cm³/mol. The number of hydrogen-bond acceptors (Lipinski definition) is 4. The standard InChI is InChI=1S/C21H20O4/c1-9-2-7-12-13(8-9)19(23)17-16(18(12)22)20(24)14-10-3-5-11(6-4-10)15(14)21(17)25/h2-3,5,10-13,24-25H,4,6-8H2,1H3. The third-order valence-corrected chi connectivity index (χ3v) is 6.54. The Morgan fingerprint density at radius 2 is 1.40 bits per heavy atom. The second kappa shape index (κ2) is 4.84. The Hall–Kier alpha value is -2.36. The molecule has 0 spiro atoms. The number of ketones is 2. The Morgan fingerprint density at radius 3 is 1.92 bits per heavy atom. The molecule has 5 aliphatic rings. The number of hydrogen-bond donors (Lipinski definition) is 2. The van der Waals surface area contributed by atoms with E-state index in [1.165, 1.54) is 0 Å². The van der Waals surface area contributed by atoms with Crippen LogP contribution in [0.25, 0.3) is 0 Å². The van der Waals surface area contributed by atoms with Crippen LogP contribution in [0.1, 0.15) is 76.3 Å². The van der Waals surface area contributed by atoms with Crippen molar-refractivity contribution in [3.63, 3.8) is 0 Å². The molecule has 0 amide bonds. The third kappa shape index (κ3) is 1.77. The van der Waals surface area contributed by atoms with E-state index in [9.17, 15) is 19.8 Å². The Balaban J connectivity index is 1.78. The van der Waals surface area contributed by atoms with Crippen molar-refractivity contribution in [2.45, 2.75) is 44.4 Å². The van der Waals surface area contributed by atoms with Crippen molar-refractivity contribution in [1.82, 2.24) is 0 Å². The fraction of sp³-hybridized carbons (Fsp3) is 0.429. The van der Waals surface area contributed by atoms with Crippen LogP contribution >= 0.6 is 0 Å². The average Bonchev–Trinajstić information content (AvgIpc) is 2.63. The van der Waals surface area contributed by atoms with Crippen LogP contribution in [0, 0.1) is 11.8 Å². The van der Waals surface area contributed by atoms with E-state index >= 15 is 0 Å². The summed E-state index contributed by atoms with van der Waals surface area (Å²) in [6, 6.07) is 0. The molecule has 0 aromatic heterocycles. The van der Waals surface area contributed by atoms with Crippen LogP contribution in [-0.2, 0) is 0 Å². The van der Waals surface area contributed by atoms with E-state index in [-0.39, 0.29) is 46.0 Å². The SMILES string of the molecule is CC1=CCC2C(=O)c3c(O)c4c(c(O)c3C(=O)C2C1)C1C=CC4CC1. The lowest BCUT2D eigenvalue weighted by molar-refractivity contribution is 0.0719. The zero-order chi connectivity index (χ0) is 17.5. The molecule has 6 rings (SSSR count). The fourth-order valence-electron chi connectivity index (χ4n) is 5.29. The topological polar surface area (TPSA) is 74.6 Å². The highest BCUT2D eigenvalue weighted by Crippen LogP contribution is 2.56. The molecule has 4 heteroatoms. The summed E-state index contributed by atoms with van der Waals surface area (Å²) >= 11 is 0.